The summed E-state index contributed by atoms with van der Waals surface area (Å²) in [6.07, 6.45) is 1.79. The molecule has 1 nitrogen and oxygen atoms in total. The van der Waals surface area contributed by atoms with Crippen molar-refractivity contribution in [2.45, 2.75) is 26.4 Å². The van der Waals surface area contributed by atoms with Crippen LogP contribution in [0, 0.1) is 5.82 Å². The van der Waals surface area contributed by atoms with Crippen LogP contribution < -0.4 is 0 Å². The molecule has 2 heteroatoms. The highest BCUT2D eigenvalue weighted by molar-refractivity contribution is 5.25. The average Bonchev–Trinajstić information content (AvgIpc) is 2.45. The molecule has 0 aliphatic rings. The Labute approximate surface area is 114 Å². The molecular formula is C17H19FO. The monoisotopic (exact) mass is 258 g/mol. The van der Waals surface area contributed by atoms with Gasteiger partial charge >= 0.3 is 0 Å². The van der Waals surface area contributed by atoms with E-state index in [9.17, 15) is 4.39 Å². The van der Waals surface area contributed by atoms with E-state index in [1.165, 1.54) is 5.56 Å². The van der Waals surface area contributed by atoms with E-state index in [0.29, 0.717) is 18.8 Å². The fraction of sp³-hybridized carbons (Fsp3) is 0.294. The van der Waals surface area contributed by atoms with Crippen LogP contribution >= 0.6 is 0 Å². The summed E-state index contributed by atoms with van der Waals surface area (Å²) in [6.45, 7) is 2.86. The lowest BCUT2D eigenvalue weighted by Crippen LogP contribution is -1.98. The fourth-order valence-electron chi connectivity index (χ4n) is 2.01. The van der Waals surface area contributed by atoms with Crippen LogP contribution in [0.4, 0.5) is 4.39 Å². The number of halogens is 1. The molecule has 0 bridgehead atoms. The quantitative estimate of drug-likeness (QED) is 0.756. The van der Waals surface area contributed by atoms with Gasteiger partial charge in [-0.25, -0.2) is 4.39 Å². The Bertz CT molecular complexity index is 508. The Hall–Kier alpha value is -1.67. The SMILES string of the molecule is CCOCc1ccc(CCc2ccccc2)cc1F. The number of aryl methyl sites for hydroxylation is 2. The summed E-state index contributed by atoms with van der Waals surface area (Å²) in [4.78, 5) is 0. The summed E-state index contributed by atoms with van der Waals surface area (Å²) < 4.78 is 19.0. The van der Waals surface area contributed by atoms with Crippen LogP contribution in [0.2, 0.25) is 0 Å². The molecule has 0 amide bonds. The van der Waals surface area contributed by atoms with E-state index in [0.717, 1.165) is 18.4 Å². The average molecular weight is 258 g/mol. The molecule has 0 heterocycles. The largest absolute Gasteiger partial charge is 0.377 e. The lowest BCUT2D eigenvalue weighted by Gasteiger charge is -2.06. The molecule has 2 aromatic carbocycles. The van der Waals surface area contributed by atoms with Crippen molar-refractivity contribution in [3.05, 3.63) is 71.0 Å². The number of hydrogen-bond donors (Lipinski definition) is 0. The Kier molecular flexibility index (Phi) is 5.10. The van der Waals surface area contributed by atoms with Crippen LogP contribution in [0.5, 0.6) is 0 Å². The topological polar surface area (TPSA) is 9.23 Å². The zero-order valence-corrected chi connectivity index (χ0v) is 11.2. The zero-order valence-electron chi connectivity index (χ0n) is 11.2. The second-order valence-electron chi connectivity index (χ2n) is 4.55. The van der Waals surface area contributed by atoms with E-state index in [-0.39, 0.29) is 5.82 Å². The Morgan fingerprint density at radius 2 is 1.68 bits per heavy atom. The van der Waals surface area contributed by atoms with Crippen molar-refractivity contribution in [2.24, 2.45) is 0 Å². The molecule has 0 saturated carbocycles. The first-order valence-electron chi connectivity index (χ1n) is 6.68. The maximum Gasteiger partial charge on any atom is 0.128 e. The molecule has 0 saturated heterocycles. The summed E-state index contributed by atoms with van der Waals surface area (Å²) in [5, 5.41) is 0. The molecule has 0 atom stereocenters. The van der Waals surface area contributed by atoms with E-state index >= 15 is 0 Å². The molecule has 0 aliphatic heterocycles. The van der Waals surface area contributed by atoms with Gasteiger partial charge in [-0.2, -0.15) is 0 Å². The summed E-state index contributed by atoms with van der Waals surface area (Å²) in [5.74, 6) is -0.168. The van der Waals surface area contributed by atoms with E-state index < -0.39 is 0 Å². The molecule has 2 rings (SSSR count). The Morgan fingerprint density at radius 1 is 0.947 bits per heavy atom. The van der Waals surface area contributed by atoms with E-state index in [2.05, 4.69) is 12.1 Å². The van der Waals surface area contributed by atoms with Crippen molar-refractivity contribution in [3.63, 3.8) is 0 Å². The number of benzene rings is 2. The molecule has 19 heavy (non-hydrogen) atoms. The minimum Gasteiger partial charge on any atom is -0.377 e. The van der Waals surface area contributed by atoms with Crippen molar-refractivity contribution in [2.75, 3.05) is 6.61 Å². The van der Waals surface area contributed by atoms with Gasteiger partial charge in [0.15, 0.2) is 0 Å². The molecule has 100 valence electrons. The van der Waals surface area contributed by atoms with Crippen molar-refractivity contribution in [1.82, 2.24) is 0 Å². The zero-order chi connectivity index (χ0) is 13.5. The van der Waals surface area contributed by atoms with Gasteiger partial charge in [-0.3, -0.25) is 0 Å². The van der Waals surface area contributed by atoms with Gasteiger partial charge in [0.2, 0.25) is 0 Å². The van der Waals surface area contributed by atoms with Crippen LogP contribution in [-0.2, 0) is 24.2 Å². The first kappa shape index (κ1) is 13.8. The normalized spacial score (nSPS) is 10.6. The Morgan fingerprint density at radius 3 is 2.37 bits per heavy atom. The van der Waals surface area contributed by atoms with Crippen molar-refractivity contribution in [1.29, 1.82) is 0 Å². The first-order valence-corrected chi connectivity index (χ1v) is 6.68. The molecule has 0 N–H and O–H groups in total. The predicted octanol–water partition coefficient (Wildman–Crippen LogP) is 4.15. The number of ether oxygens (including phenoxy) is 1. The minimum absolute atomic E-state index is 0.168. The van der Waals surface area contributed by atoms with Crippen LogP contribution in [0.3, 0.4) is 0 Å². The van der Waals surface area contributed by atoms with Gasteiger partial charge in [0.1, 0.15) is 5.82 Å². The standard InChI is InChI=1S/C17H19FO/c1-2-19-13-16-11-10-15(12-17(16)18)9-8-14-6-4-3-5-7-14/h3-7,10-12H,2,8-9,13H2,1H3. The Balaban J connectivity index is 1.96. The third kappa shape index (κ3) is 4.18. The van der Waals surface area contributed by atoms with Gasteiger partial charge in [0.25, 0.3) is 0 Å². The maximum atomic E-state index is 13.8. The number of rotatable bonds is 6. The third-order valence-electron chi connectivity index (χ3n) is 3.12. The van der Waals surface area contributed by atoms with Crippen LogP contribution in [0.15, 0.2) is 48.5 Å². The van der Waals surface area contributed by atoms with E-state index in [1.54, 1.807) is 6.07 Å². The highest BCUT2D eigenvalue weighted by atomic mass is 19.1. The van der Waals surface area contributed by atoms with E-state index in [4.69, 9.17) is 4.74 Å². The third-order valence-corrected chi connectivity index (χ3v) is 3.12. The molecular weight excluding hydrogens is 239 g/mol. The van der Waals surface area contributed by atoms with Crippen molar-refractivity contribution < 1.29 is 9.13 Å². The van der Waals surface area contributed by atoms with Crippen LogP contribution in [0.1, 0.15) is 23.6 Å². The molecule has 2 aromatic rings. The van der Waals surface area contributed by atoms with Crippen molar-refractivity contribution in [3.8, 4) is 0 Å². The number of hydrogen-bond acceptors (Lipinski definition) is 1. The summed E-state index contributed by atoms with van der Waals surface area (Å²) >= 11 is 0. The first-order chi connectivity index (χ1) is 9.29. The lowest BCUT2D eigenvalue weighted by molar-refractivity contribution is 0.131. The van der Waals surface area contributed by atoms with Gasteiger partial charge < -0.3 is 4.74 Å². The second-order valence-corrected chi connectivity index (χ2v) is 4.55. The second kappa shape index (κ2) is 7.05. The molecule has 0 spiro atoms. The molecule has 0 unspecified atom stereocenters. The van der Waals surface area contributed by atoms with Gasteiger partial charge in [0.05, 0.1) is 6.61 Å². The van der Waals surface area contributed by atoms with Crippen molar-refractivity contribution >= 4 is 0 Å². The molecule has 0 radical (unpaired) electrons. The fourth-order valence-corrected chi connectivity index (χ4v) is 2.01. The molecule has 0 fully saturated rings. The summed E-state index contributed by atoms with van der Waals surface area (Å²) in [5.41, 5.74) is 2.94. The van der Waals surface area contributed by atoms with Gasteiger partial charge in [-0.1, -0.05) is 42.5 Å². The van der Waals surface area contributed by atoms with Crippen LogP contribution in [0.25, 0.3) is 0 Å². The highest BCUT2D eigenvalue weighted by Gasteiger charge is 2.04. The predicted molar refractivity (Wildman–Crippen MR) is 75.6 cm³/mol. The molecule has 0 aliphatic carbocycles. The van der Waals surface area contributed by atoms with Gasteiger partial charge in [-0.15, -0.1) is 0 Å². The summed E-state index contributed by atoms with van der Waals surface area (Å²) in [7, 11) is 0. The molecule has 0 aromatic heterocycles. The lowest BCUT2D eigenvalue weighted by atomic mass is 10.0. The summed E-state index contributed by atoms with van der Waals surface area (Å²) in [6, 6.07) is 15.7. The smallest absolute Gasteiger partial charge is 0.128 e. The van der Waals surface area contributed by atoms with E-state index in [1.807, 2.05) is 37.3 Å². The highest BCUT2D eigenvalue weighted by Crippen LogP contribution is 2.14. The van der Waals surface area contributed by atoms with Gasteiger partial charge in [-0.05, 0) is 37.0 Å². The van der Waals surface area contributed by atoms with Crippen LogP contribution in [-0.4, -0.2) is 6.61 Å². The maximum absolute atomic E-state index is 13.8. The van der Waals surface area contributed by atoms with Gasteiger partial charge in [0, 0.05) is 12.2 Å². The minimum atomic E-state index is -0.168.